The van der Waals surface area contributed by atoms with Gasteiger partial charge in [0.25, 0.3) is 0 Å². The van der Waals surface area contributed by atoms with Crippen molar-refractivity contribution in [3.63, 3.8) is 0 Å². The lowest BCUT2D eigenvalue weighted by Gasteiger charge is -2.06. The van der Waals surface area contributed by atoms with Gasteiger partial charge in [-0.05, 0) is 83.4 Å². The smallest absolute Gasteiger partial charge is 0.00166 e. The van der Waals surface area contributed by atoms with Gasteiger partial charge < -0.3 is 0 Å². The van der Waals surface area contributed by atoms with Gasteiger partial charge in [-0.1, -0.05) is 37.5 Å². The summed E-state index contributed by atoms with van der Waals surface area (Å²) in [5.74, 6) is 0. The Balaban J connectivity index is 2.20. The third kappa shape index (κ3) is 1.76. The molecule has 20 heavy (non-hydrogen) atoms. The molecule has 0 saturated carbocycles. The molecular formula is C20H20. The summed E-state index contributed by atoms with van der Waals surface area (Å²) in [5.41, 5.74) is 10.9. The zero-order chi connectivity index (χ0) is 14.3. The second kappa shape index (κ2) is 4.79. The van der Waals surface area contributed by atoms with E-state index >= 15 is 0 Å². The maximum atomic E-state index is 4.20. The van der Waals surface area contributed by atoms with Crippen molar-refractivity contribution in [2.24, 2.45) is 0 Å². The SMILES string of the molecule is C=C/C=C1\C(=C)Cc2cc3c(cc21)CC(=C/C)/C3=C\C. The fourth-order valence-corrected chi connectivity index (χ4v) is 3.40. The molecule has 100 valence electrons. The fourth-order valence-electron chi connectivity index (χ4n) is 3.40. The van der Waals surface area contributed by atoms with E-state index in [0.29, 0.717) is 0 Å². The third-order valence-corrected chi connectivity index (χ3v) is 4.34. The Morgan fingerprint density at radius 1 is 0.950 bits per heavy atom. The van der Waals surface area contributed by atoms with E-state index in [-0.39, 0.29) is 0 Å². The molecule has 0 spiro atoms. The number of hydrogen-bond acceptors (Lipinski definition) is 0. The Bertz CT molecular complexity index is 706. The van der Waals surface area contributed by atoms with Crippen molar-refractivity contribution in [1.82, 2.24) is 0 Å². The van der Waals surface area contributed by atoms with Gasteiger partial charge in [0, 0.05) is 0 Å². The Labute approximate surface area is 121 Å². The van der Waals surface area contributed by atoms with Crippen molar-refractivity contribution in [2.75, 3.05) is 0 Å². The molecule has 0 nitrogen and oxygen atoms in total. The first kappa shape index (κ1) is 12.9. The highest BCUT2D eigenvalue weighted by Crippen LogP contribution is 2.43. The molecule has 0 heterocycles. The van der Waals surface area contributed by atoms with Gasteiger partial charge in [-0.2, -0.15) is 0 Å². The second-order valence-corrected chi connectivity index (χ2v) is 5.46. The van der Waals surface area contributed by atoms with Crippen LogP contribution in [0.4, 0.5) is 0 Å². The number of fused-ring (bicyclic) bond motifs is 2. The molecule has 1 aromatic carbocycles. The van der Waals surface area contributed by atoms with Gasteiger partial charge in [-0.15, -0.1) is 0 Å². The van der Waals surface area contributed by atoms with E-state index in [1.807, 2.05) is 6.08 Å². The average Bonchev–Trinajstić information content (AvgIpc) is 2.94. The number of hydrogen-bond donors (Lipinski definition) is 0. The van der Waals surface area contributed by atoms with Crippen molar-refractivity contribution in [2.45, 2.75) is 26.7 Å². The highest BCUT2D eigenvalue weighted by molar-refractivity contribution is 5.92. The summed E-state index contributed by atoms with van der Waals surface area (Å²) in [6.07, 6.45) is 10.4. The summed E-state index contributed by atoms with van der Waals surface area (Å²) in [4.78, 5) is 0. The highest BCUT2D eigenvalue weighted by atomic mass is 14.3. The maximum Gasteiger partial charge on any atom is -0.00166 e. The molecule has 0 atom stereocenters. The Hall–Kier alpha value is -2.08. The quantitative estimate of drug-likeness (QED) is 0.645. The van der Waals surface area contributed by atoms with E-state index in [1.54, 1.807) is 0 Å². The van der Waals surface area contributed by atoms with E-state index in [4.69, 9.17) is 0 Å². The zero-order valence-electron chi connectivity index (χ0n) is 12.3. The van der Waals surface area contributed by atoms with Gasteiger partial charge in [-0.25, -0.2) is 0 Å². The molecule has 0 heteroatoms. The van der Waals surface area contributed by atoms with Crippen LogP contribution in [-0.4, -0.2) is 0 Å². The first-order chi connectivity index (χ1) is 9.69. The van der Waals surface area contributed by atoms with Gasteiger partial charge >= 0.3 is 0 Å². The van der Waals surface area contributed by atoms with E-state index in [2.05, 4.69) is 57.4 Å². The van der Waals surface area contributed by atoms with Crippen LogP contribution in [0, 0.1) is 0 Å². The lowest BCUT2D eigenvalue weighted by molar-refractivity contribution is 1.23. The van der Waals surface area contributed by atoms with E-state index in [1.165, 1.54) is 44.5 Å². The van der Waals surface area contributed by atoms with Crippen LogP contribution in [0.25, 0.3) is 11.1 Å². The summed E-state index contributed by atoms with van der Waals surface area (Å²) < 4.78 is 0. The Morgan fingerprint density at radius 2 is 1.60 bits per heavy atom. The van der Waals surface area contributed by atoms with E-state index in [0.717, 1.165) is 12.8 Å². The molecular weight excluding hydrogens is 240 g/mol. The lowest BCUT2D eigenvalue weighted by atomic mass is 9.98. The minimum Gasteiger partial charge on any atom is -0.0990 e. The fraction of sp³-hybridized carbons (Fsp3) is 0.200. The molecule has 0 radical (unpaired) electrons. The molecule has 0 aliphatic heterocycles. The standard InChI is InChI=1S/C20H20/c1-5-8-18-13(4)9-15-11-19-16(12-20(15)18)10-14(6-2)17(19)7-3/h5-8,11-12H,1,4,9-10H2,2-3H3/b14-6-,17-7+,18-8+. The molecule has 0 unspecified atom stereocenters. The van der Waals surface area contributed by atoms with Crippen LogP contribution in [0.15, 0.2) is 60.7 Å². The molecule has 0 aromatic heterocycles. The van der Waals surface area contributed by atoms with E-state index in [9.17, 15) is 0 Å². The largest absolute Gasteiger partial charge is 0.0990 e. The predicted molar refractivity (Wildman–Crippen MR) is 88.6 cm³/mol. The Morgan fingerprint density at radius 3 is 2.20 bits per heavy atom. The van der Waals surface area contributed by atoms with Gasteiger partial charge in [0.15, 0.2) is 0 Å². The van der Waals surface area contributed by atoms with Crippen LogP contribution in [-0.2, 0) is 12.8 Å². The van der Waals surface area contributed by atoms with Crippen LogP contribution in [0.1, 0.15) is 36.1 Å². The lowest BCUT2D eigenvalue weighted by Crippen LogP contribution is -1.88. The molecule has 1 aromatic rings. The Kier molecular flexibility index (Phi) is 3.10. The maximum absolute atomic E-state index is 4.20. The number of allylic oxidation sites excluding steroid dienone is 8. The number of rotatable bonds is 1. The highest BCUT2D eigenvalue weighted by Gasteiger charge is 2.26. The molecule has 0 bridgehead atoms. The van der Waals surface area contributed by atoms with Crippen LogP contribution in [0.5, 0.6) is 0 Å². The molecule has 0 N–H and O–H groups in total. The predicted octanol–water partition coefficient (Wildman–Crippen LogP) is 5.27. The van der Waals surface area contributed by atoms with Gasteiger partial charge in [0.05, 0.1) is 0 Å². The van der Waals surface area contributed by atoms with Crippen LogP contribution >= 0.6 is 0 Å². The zero-order valence-corrected chi connectivity index (χ0v) is 12.3. The third-order valence-electron chi connectivity index (χ3n) is 4.34. The first-order valence-electron chi connectivity index (χ1n) is 7.18. The molecule has 3 rings (SSSR count). The molecule has 0 amide bonds. The van der Waals surface area contributed by atoms with E-state index < -0.39 is 0 Å². The summed E-state index contributed by atoms with van der Waals surface area (Å²) >= 11 is 0. The van der Waals surface area contributed by atoms with Crippen molar-refractivity contribution in [1.29, 1.82) is 0 Å². The van der Waals surface area contributed by atoms with Crippen LogP contribution < -0.4 is 0 Å². The minimum atomic E-state index is 0.963. The van der Waals surface area contributed by atoms with Gasteiger partial charge in [0.1, 0.15) is 0 Å². The van der Waals surface area contributed by atoms with Crippen LogP contribution in [0.2, 0.25) is 0 Å². The summed E-state index contributed by atoms with van der Waals surface area (Å²) in [7, 11) is 0. The first-order valence-corrected chi connectivity index (χ1v) is 7.18. The van der Waals surface area contributed by atoms with Crippen molar-refractivity contribution in [3.05, 3.63) is 83.0 Å². The normalized spacial score (nSPS) is 22.7. The monoisotopic (exact) mass is 260 g/mol. The van der Waals surface area contributed by atoms with Crippen molar-refractivity contribution >= 4 is 11.1 Å². The van der Waals surface area contributed by atoms with Gasteiger partial charge in [-0.3, -0.25) is 0 Å². The number of benzene rings is 1. The minimum absolute atomic E-state index is 0.963. The summed E-state index contributed by atoms with van der Waals surface area (Å²) in [5, 5.41) is 0. The van der Waals surface area contributed by atoms with Crippen molar-refractivity contribution < 1.29 is 0 Å². The average molecular weight is 260 g/mol. The summed E-state index contributed by atoms with van der Waals surface area (Å²) in [6, 6.07) is 4.73. The topological polar surface area (TPSA) is 0 Å². The molecule has 0 fully saturated rings. The van der Waals surface area contributed by atoms with Crippen LogP contribution in [0.3, 0.4) is 0 Å². The second-order valence-electron chi connectivity index (χ2n) is 5.46. The molecule has 2 aliphatic carbocycles. The summed E-state index contributed by atoms with van der Waals surface area (Å²) in [6.45, 7) is 12.3. The molecule has 0 saturated heterocycles. The molecule has 2 aliphatic rings. The van der Waals surface area contributed by atoms with Gasteiger partial charge in [0.2, 0.25) is 0 Å². The van der Waals surface area contributed by atoms with Crippen molar-refractivity contribution in [3.8, 4) is 0 Å².